The Hall–Kier alpha value is -1.20. The summed E-state index contributed by atoms with van der Waals surface area (Å²) in [4.78, 5) is 18.1. The minimum Gasteiger partial charge on any atom is -0.336 e. The molecule has 17 heavy (non-hydrogen) atoms. The maximum Gasteiger partial charge on any atom is 0.246 e. The first-order chi connectivity index (χ1) is 8.15. The molecule has 1 atom stereocenters. The molecule has 1 saturated heterocycles. The topological polar surface area (TPSA) is 45.2 Å². The van der Waals surface area contributed by atoms with E-state index in [1.165, 1.54) is 0 Å². The lowest BCUT2D eigenvalue weighted by molar-refractivity contribution is -0.127. The third-order valence-corrected chi connectivity index (χ3v) is 3.51. The van der Waals surface area contributed by atoms with Crippen molar-refractivity contribution in [1.82, 2.24) is 15.2 Å². The standard InChI is InChI=1S/C12H17N3OS/c1-9-7-15(6-5-13-9)12(16)4-3-11-8-17-10(2)14-11/h3-4,8-9,13H,5-7H2,1-2H3. The van der Waals surface area contributed by atoms with E-state index in [1.807, 2.05) is 17.2 Å². The summed E-state index contributed by atoms with van der Waals surface area (Å²) in [6, 6.07) is 0.377. The Bertz CT molecular complexity index is 427. The quantitative estimate of drug-likeness (QED) is 0.806. The zero-order valence-electron chi connectivity index (χ0n) is 10.1. The van der Waals surface area contributed by atoms with Crippen molar-refractivity contribution in [3.8, 4) is 0 Å². The third-order valence-electron chi connectivity index (χ3n) is 2.71. The summed E-state index contributed by atoms with van der Waals surface area (Å²) in [7, 11) is 0. The number of hydrogen-bond donors (Lipinski definition) is 1. The van der Waals surface area contributed by atoms with Crippen LogP contribution in [0.3, 0.4) is 0 Å². The Labute approximate surface area is 105 Å². The molecular weight excluding hydrogens is 234 g/mol. The lowest BCUT2D eigenvalue weighted by Gasteiger charge is -2.31. The fourth-order valence-electron chi connectivity index (χ4n) is 1.85. The van der Waals surface area contributed by atoms with E-state index in [0.29, 0.717) is 6.04 Å². The molecule has 2 heterocycles. The summed E-state index contributed by atoms with van der Waals surface area (Å²) in [6.07, 6.45) is 3.41. The smallest absolute Gasteiger partial charge is 0.246 e. The van der Waals surface area contributed by atoms with Gasteiger partial charge in [-0.1, -0.05) is 0 Å². The third kappa shape index (κ3) is 3.38. The molecule has 1 N–H and O–H groups in total. The molecule has 5 heteroatoms. The highest BCUT2D eigenvalue weighted by molar-refractivity contribution is 7.09. The highest BCUT2D eigenvalue weighted by Gasteiger charge is 2.18. The van der Waals surface area contributed by atoms with Crippen LogP contribution in [-0.2, 0) is 4.79 Å². The van der Waals surface area contributed by atoms with Crippen LogP contribution in [0.25, 0.3) is 6.08 Å². The van der Waals surface area contributed by atoms with Gasteiger partial charge in [0, 0.05) is 37.1 Å². The van der Waals surface area contributed by atoms with Gasteiger partial charge in [-0.2, -0.15) is 0 Å². The second-order valence-electron chi connectivity index (χ2n) is 4.26. The number of nitrogens with zero attached hydrogens (tertiary/aromatic N) is 2. The summed E-state index contributed by atoms with van der Waals surface area (Å²) < 4.78 is 0. The van der Waals surface area contributed by atoms with Gasteiger partial charge in [-0.25, -0.2) is 4.98 Å². The molecular formula is C12H17N3OS. The number of thiazole rings is 1. The maximum absolute atomic E-state index is 11.9. The largest absolute Gasteiger partial charge is 0.336 e. The van der Waals surface area contributed by atoms with Gasteiger partial charge in [0.15, 0.2) is 0 Å². The van der Waals surface area contributed by atoms with Crippen molar-refractivity contribution in [2.75, 3.05) is 19.6 Å². The van der Waals surface area contributed by atoms with Crippen LogP contribution in [0.15, 0.2) is 11.5 Å². The molecule has 2 rings (SSSR count). The molecule has 0 saturated carbocycles. The molecule has 1 aromatic rings. The second kappa shape index (κ2) is 5.42. The Balaban J connectivity index is 1.94. The average molecular weight is 251 g/mol. The van der Waals surface area contributed by atoms with E-state index in [0.717, 1.165) is 30.3 Å². The number of hydrogen-bond acceptors (Lipinski definition) is 4. The van der Waals surface area contributed by atoms with Gasteiger partial charge in [-0.05, 0) is 19.9 Å². The number of aromatic nitrogens is 1. The number of rotatable bonds is 2. The van der Waals surface area contributed by atoms with Crippen LogP contribution >= 0.6 is 11.3 Å². The van der Waals surface area contributed by atoms with E-state index < -0.39 is 0 Å². The van der Waals surface area contributed by atoms with Crippen LogP contribution in [0, 0.1) is 6.92 Å². The molecule has 1 amide bonds. The summed E-state index contributed by atoms with van der Waals surface area (Å²) in [6.45, 7) is 6.48. The molecule has 0 aliphatic carbocycles. The van der Waals surface area contributed by atoms with Crippen molar-refractivity contribution in [2.45, 2.75) is 19.9 Å². The van der Waals surface area contributed by atoms with Crippen LogP contribution in [0.1, 0.15) is 17.6 Å². The van der Waals surface area contributed by atoms with E-state index in [2.05, 4.69) is 17.2 Å². The van der Waals surface area contributed by atoms with Gasteiger partial charge in [0.2, 0.25) is 5.91 Å². The lowest BCUT2D eigenvalue weighted by Crippen LogP contribution is -2.50. The Morgan fingerprint density at radius 1 is 1.71 bits per heavy atom. The van der Waals surface area contributed by atoms with Crippen molar-refractivity contribution in [3.05, 3.63) is 22.2 Å². The first-order valence-electron chi connectivity index (χ1n) is 5.77. The number of amides is 1. The highest BCUT2D eigenvalue weighted by Crippen LogP contribution is 2.09. The number of carbonyl (C=O) groups excluding carboxylic acids is 1. The van der Waals surface area contributed by atoms with Gasteiger partial charge in [-0.3, -0.25) is 4.79 Å². The summed E-state index contributed by atoms with van der Waals surface area (Å²) in [5.41, 5.74) is 0.865. The molecule has 1 aliphatic heterocycles. The number of piperazine rings is 1. The van der Waals surface area contributed by atoms with Crippen LogP contribution in [0.4, 0.5) is 0 Å². The van der Waals surface area contributed by atoms with E-state index in [9.17, 15) is 4.79 Å². The molecule has 0 bridgehead atoms. The molecule has 1 fully saturated rings. The monoisotopic (exact) mass is 251 g/mol. The lowest BCUT2D eigenvalue weighted by atomic mass is 10.2. The number of aryl methyl sites for hydroxylation is 1. The predicted molar refractivity (Wildman–Crippen MR) is 69.9 cm³/mol. The van der Waals surface area contributed by atoms with Crippen LogP contribution < -0.4 is 5.32 Å². The summed E-state index contributed by atoms with van der Waals surface area (Å²) >= 11 is 1.59. The molecule has 1 aromatic heterocycles. The average Bonchev–Trinajstić information content (AvgIpc) is 2.72. The van der Waals surface area contributed by atoms with Gasteiger partial charge in [0.1, 0.15) is 0 Å². The fraction of sp³-hybridized carbons (Fsp3) is 0.500. The van der Waals surface area contributed by atoms with E-state index in [1.54, 1.807) is 23.5 Å². The van der Waals surface area contributed by atoms with Crippen molar-refractivity contribution in [2.24, 2.45) is 0 Å². The Morgan fingerprint density at radius 2 is 2.53 bits per heavy atom. The van der Waals surface area contributed by atoms with E-state index >= 15 is 0 Å². The number of nitrogens with one attached hydrogen (secondary N) is 1. The predicted octanol–water partition coefficient (Wildman–Crippen LogP) is 1.29. The second-order valence-corrected chi connectivity index (χ2v) is 5.33. The highest BCUT2D eigenvalue weighted by atomic mass is 32.1. The SMILES string of the molecule is Cc1nc(C=CC(=O)N2CCNC(C)C2)cs1. The zero-order valence-corrected chi connectivity index (χ0v) is 11.0. The van der Waals surface area contributed by atoms with Crippen molar-refractivity contribution in [1.29, 1.82) is 0 Å². The number of carbonyl (C=O) groups is 1. The van der Waals surface area contributed by atoms with Gasteiger partial charge >= 0.3 is 0 Å². The molecule has 1 unspecified atom stereocenters. The zero-order chi connectivity index (χ0) is 12.3. The normalized spacial score (nSPS) is 21.1. The van der Waals surface area contributed by atoms with Crippen molar-refractivity contribution < 1.29 is 4.79 Å². The molecule has 0 spiro atoms. The van der Waals surface area contributed by atoms with E-state index in [4.69, 9.17) is 0 Å². The van der Waals surface area contributed by atoms with Crippen molar-refractivity contribution >= 4 is 23.3 Å². The van der Waals surface area contributed by atoms with Gasteiger partial charge < -0.3 is 10.2 Å². The minimum atomic E-state index is 0.0732. The maximum atomic E-state index is 11.9. The Kier molecular flexibility index (Phi) is 3.91. The van der Waals surface area contributed by atoms with Gasteiger partial charge in [0.05, 0.1) is 10.7 Å². The first-order valence-corrected chi connectivity index (χ1v) is 6.65. The molecule has 0 radical (unpaired) electrons. The fourth-order valence-corrected chi connectivity index (χ4v) is 2.43. The molecule has 4 nitrogen and oxygen atoms in total. The molecule has 92 valence electrons. The summed E-state index contributed by atoms with van der Waals surface area (Å²) in [5, 5.41) is 6.29. The Morgan fingerprint density at radius 3 is 3.18 bits per heavy atom. The summed E-state index contributed by atoms with van der Waals surface area (Å²) in [5.74, 6) is 0.0732. The van der Waals surface area contributed by atoms with Crippen LogP contribution in [-0.4, -0.2) is 41.5 Å². The molecule has 1 aliphatic rings. The van der Waals surface area contributed by atoms with Crippen LogP contribution in [0.2, 0.25) is 0 Å². The van der Waals surface area contributed by atoms with E-state index in [-0.39, 0.29) is 5.91 Å². The first kappa shape index (κ1) is 12.3. The van der Waals surface area contributed by atoms with Crippen molar-refractivity contribution in [3.63, 3.8) is 0 Å². The van der Waals surface area contributed by atoms with Gasteiger partial charge in [0.25, 0.3) is 0 Å². The molecule has 0 aromatic carbocycles. The van der Waals surface area contributed by atoms with Crippen LogP contribution in [0.5, 0.6) is 0 Å². The minimum absolute atomic E-state index is 0.0732. The van der Waals surface area contributed by atoms with Gasteiger partial charge in [-0.15, -0.1) is 11.3 Å².